The lowest BCUT2D eigenvalue weighted by atomic mass is 10.0. The number of halogens is 3. The van der Waals surface area contributed by atoms with E-state index in [0.29, 0.717) is 37.8 Å². The molecule has 164 valence electrons. The average molecular weight is 431 g/mol. The first-order valence-corrected chi connectivity index (χ1v) is 10.2. The molecule has 0 saturated carbocycles. The Hall–Kier alpha value is -3.06. The third-order valence-electron chi connectivity index (χ3n) is 5.82. The Kier molecular flexibility index (Phi) is 5.87. The second-order valence-corrected chi connectivity index (χ2v) is 7.79. The molecule has 0 unspecified atom stereocenters. The molecule has 0 bridgehead atoms. The molecular weight excluding hydrogens is 407 g/mol. The molecule has 10 heteroatoms. The van der Waals surface area contributed by atoms with E-state index in [1.165, 1.54) is 6.07 Å². The van der Waals surface area contributed by atoms with Crippen LogP contribution >= 0.6 is 0 Å². The van der Waals surface area contributed by atoms with Crippen molar-refractivity contribution in [1.29, 1.82) is 5.26 Å². The van der Waals surface area contributed by atoms with Gasteiger partial charge in [-0.1, -0.05) is 6.07 Å². The molecule has 3 heterocycles. The molecule has 2 fully saturated rings. The highest BCUT2D eigenvalue weighted by Gasteiger charge is 2.35. The van der Waals surface area contributed by atoms with E-state index in [-0.39, 0.29) is 5.56 Å². The normalized spacial score (nSPS) is 18.2. The summed E-state index contributed by atoms with van der Waals surface area (Å²) in [6, 6.07) is 7.51. The monoisotopic (exact) mass is 431 g/mol. The lowest BCUT2D eigenvalue weighted by molar-refractivity contribution is -0.137. The maximum atomic E-state index is 13.3. The van der Waals surface area contributed by atoms with E-state index in [0.717, 1.165) is 38.1 Å². The van der Waals surface area contributed by atoms with E-state index in [2.05, 4.69) is 26.7 Å². The Morgan fingerprint density at radius 1 is 0.903 bits per heavy atom. The number of benzene rings is 1. The van der Waals surface area contributed by atoms with Gasteiger partial charge < -0.3 is 19.6 Å². The van der Waals surface area contributed by atoms with Crippen molar-refractivity contribution < 1.29 is 13.2 Å². The third kappa shape index (κ3) is 4.51. The van der Waals surface area contributed by atoms with Gasteiger partial charge in [0.05, 0.1) is 16.8 Å². The van der Waals surface area contributed by atoms with Crippen molar-refractivity contribution in [3.05, 3.63) is 41.6 Å². The van der Waals surface area contributed by atoms with Gasteiger partial charge in [-0.05, 0) is 25.2 Å². The molecule has 0 spiro atoms. The number of nitrogens with zero attached hydrogens (tertiary/aromatic N) is 7. The minimum Gasteiger partial charge on any atom is -0.367 e. The molecule has 0 aliphatic carbocycles. The van der Waals surface area contributed by atoms with Gasteiger partial charge in [-0.25, -0.2) is 4.98 Å². The van der Waals surface area contributed by atoms with Crippen LogP contribution in [0.3, 0.4) is 0 Å². The van der Waals surface area contributed by atoms with Gasteiger partial charge >= 0.3 is 6.18 Å². The second-order valence-electron chi connectivity index (χ2n) is 7.79. The Morgan fingerprint density at radius 3 is 2.19 bits per heavy atom. The molecule has 0 atom stereocenters. The van der Waals surface area contributed by atoms with Crippen molar-refractivity contribution >= 4 is 17.5 Å². The first-order chi connectivity index (χ1) is 14.9. The summed E-state index contributed by atoms with van der Waals surface area (Å²) in [5.74, 6) is 1.52. The van der Waals surface area contributed by atoms with Gasteiger partial charge in [0.2, 0.25) is 5.95 Å². The summed E-state index contributed by atoms with van der Waals surface area (Å²) < 4.78 is 39.8. The van der Waals surface area contributed by atoms with Gasteiger partial charge in [-0.15, -0.1) is 0 Å². The van der Waals surface area contributed by atoms with Gasteiger partial charge in [-0.3, -0.25) is 0 Å². The van der Waals surface area contributed by atoms with E-state index >= 15 is 0 Å². The maximum Gasteiger partial charge on any atom is 0.417 e. The van der Waals surface area contributed by atoms with Crippen LogP contribution < -0.4 is 14.7 Å². The zero-order valence-corrected chi connectivity index (χ0v) is 17.3. The lowest BCUT2D eigenvalue weighted by Gasteiger charge is -2.38. The van der Waals surface area contributed by atoms with Gasteiger partial charge in [0.15, 0.2) is 0 Å². The Bertz CT molecular complexity index is 956. The van der Waals surface area contributed by atoms with E-state index in [9.17, 15) is 18.4 Å². The number of piperazine rings is 2. The van der Waals surface area contributed by atoms with Crippen molar-refractivity contribution in [1.82, 2.24) is 14.9 Å². The second kappa shape index (κ2) is 8.59. The molecule has 1 aromatic carbocycles. The van der Waals surface area contributed by atoms with Crippen LogP contribution in [-0.4, -0.2) is 74.3 Å². The summed E-state index contributed by atoms with van der Waals surface area (Å²) in [6.45, 7) is 5.88. The Morgan fingerprint density at radius 2 is 1.55 bits per heavy atom. The number of likely N-dealkylation sites (N-methyl/N-ethyl adjacent to an activating group) is 1. The molecule has 7 nitrogen and oxygen atoms in total. The van der Waals surface area contributed by atoms with Crippen molar-refractivity contribution in [2.24, 2.45) is 0 Å². The van der Waals surface area contributed by atoms with Crippen molar-refractivity contribution in [2.75, 3.05) is 74.1 Å². The number of rotatable bonds is 3. The zero-order valence-electron chi connectivity index (χ0n) is 17.3. The first-order valence-electron chi connectivity index (χ1n) is 10.2. The van der Waals surface area contributed by atoms with Gasteiger partial charge in [-0.2, -0.15) is 23.4 Å². The summed E-state index contributed by atoms with van der Waals surface area (Å²) in [7, 11) is 2.09. The summed E-state index contributed by atoms with van der Waals surface area (Å²) in [6.07, 6.45) is -2.80. The molecule has 2 aliphatic heterocycles. The SMILES string of the molecule is CN1CCN(c2nccc(N3CCN(c4cccc(C(F)(F)F)c4C#N)CC3)n2)CC1. The minimum absolute atomic E-state index is 0.317. The predicted molar refractivity (Wildman–Crippen MR) is 112 cm³/mol. The van der Waals surface area contributed by atoms with E-state index in [1.54, 1.807) is 18.3 Å². The molecule has 0 radical (unpaired) electrons. The summed E-state index contributed by atoms with van der Waals surface area (Å²) in [5.41, 5.74) is -0.872. The Labute approximate surface area is 179 Å². The van der Waals surface area contributed by atoms with Crippen molar-refractivity contribution in [3.8, 4) is 6.07 Å². The van der Waals surface area contributed by atoms with Crippen LogP contribution in [0.15, 0.2) is 30.5 Å². The molecule has 2 saturated heterocycles. The predicted octanol–water partition coefficient (Wildman–Crippen LogP) is 2.45. The number of nitriles is 1. The molecule has 2 aromatic rings. The highest BCUT2D eigenvalue weighted by Crippen LogP contribution is 2.36. The quantitative estimate of drug-likeness (QED) is 0.740. The number of anilines is 3. The number of hydrogen-bond acceptors (Lipinski definition) is 7. The van der Waals surface area contributed by atoms with E-state index < -0.39 is 11.7 Å². The largest absolute Gasteiger partial charge is 0.417 e. The van der Waals surface area contributed by atoms with Crippen LogP contribution in [0.2, 0.25) is 0 Å². The average Bonchev–Trinajstić information content (AvgIpc) is 2.78. The number of alkyl halides is 3. The highest BCUT2D eigenvalue weighted by atomic mass is 19.4. The highest BCUT2D eigenvalue weighted by molar-refractivity contribution is 5.64. The van der Waals surface area contributed by atoms with E-state index in [1.807, 2.05) is 11.0 Å². The van der Waals surface area contributed by atoms with Crippen molar-refractivity contribution in [3.63, 3.8) is 0 Å². The fraction of sp³-hybridized carbons (Fsp3) is 0.476. The maximum absolute atomic E-state index is 13.3. The molecule has 31 heavy (non-hydrogen) atoms. The lowest BCUT2D eigenvalue weighted by Crippen LogP contribution is -2.47. The fourth-order valence-electron chi connectivity index (χ4n) is 4.01. The fourth-order valence-corrected chi connectivity index (χ4v) is 4.01. The molecule has 2 aliphatic rings. The van der Waals surface area contributed by atoms with Crippen LogP contribution in [0, 0.1) is 11.3 Å². The summed E-state index contributed by atoms with van der Waals surface area (Å²) in [4.78, 5) is 17.5. The standard InChI is InChI=1S/C21H24F3N7/c1-28-7-9-31(10-8-28)20-26-6-5-19(27-20)30-13-11-29(12-14-30)18-4-2-3-17(16(18)15-25)21(22,23)24/h2-6H,7-14H2,1H3. The topological polar surface area (TPSA) is 62.5 Å². The zero-order chi connectivity index (χ0) is 22.0. The molecule has 1 aromatic heterocycles. The van der Waals surface area contributed by atoms with Gasteiger partial charge in [0.1, 0.15) is 11.9 Å². The smallest absolute Gasteiger partial charge is 0.367 e. The van der Waals surface area contributed by atoms with Crippen LogP contribution in [0.4, 0.5) is 30.6 Å². The Balaban J connectivity index is 1.47. The number of hydrogen-bond donors (Lipinski definition) is 0. The summed E-state index contributed by atoms with van der Waals surface area (Å²) >= 11 is 0. The first kappa shape index (κ1) is 21.2. The minimum atomic E-state index is -4.55. The van der Waals surface area contributed by atoms with Crippen LogP contribution in [-0.2, 0) is 6.18 Å². The molecule has 4 rings (SSSR count). The van der Waals surface area contributed by atoms with E-state index in [4.69, 9.17) is 4.98 Å². The van der Waals surface area contributed by atoms with Gasteiger partial charge in [0, 0.05) is 58.6 Å². The number of aromatic nitrogens is 2. The summed E-state index contributed by atoms with van der Waals surface area (Å²) in [5, 5.41) is 9.38. The van der Waals surface area contributed by atoms with Crippen molar-refractivity contribution in [2.45, 2.75) is 6.18 Å². The van der Waals surface area contributed by atoms with Crippen LogP contribution in [0.5, 0.6) is 0 Å². The third-order valence-corrected chi connectivity index (χ3v) is 5.82. The van der Waals surface area contributed by atoms with Crippen LogP contribution in [0.25, 0.3) is 0 Å². The van der Waals surface area contributed by atoms with Crippen LogP contribution in [0.1, 0.15) is 11.1 Å². The molecular formula is C21H24F3N7. The van der Waals surface area contributed by atoms with Gasteiger partial charge in [0.25, 0.3) is 0 Å². The molecule has 0 amide bonds. The molecule has 0 N–H and O–H groups in total.